The predicted octanol–water partition coefficient (Wildman–Crippen LogP) is 2.06. The fourth-order valence-electron chi connectivity index (χ4n) is 1.52. The third-order valence-electron chi connectivity index (χ3n) is 2.70. The van der Waals surface area contributed by atoms with Gasteiger partial charge in [0, 0.05) is 17.6 Å². The largest absolute Gasteiger partial charge is 0.341 e. The van der Waals surface area contributed by atoms with Crippen molar-refractivity contribution >= 4 is 35.3 Å². The van der Waals surface area contributed by atoms with Crippen LogP contribution in [-0.2, 0) is 4.79 Å². The van der Waals surface area contributed by atoms with Crippen LogP contribution in [0.3, 0.4) is 0 Å². The molecule has 3 N–H and O–H groups in total. The molecule has 0 spiro atoms. The van der Waals surface area contributed by atoms with E-state index in [2.05, 4.69) is 25.8 Å². The van der Waals surface area contributed by atoms with Gasteiger partial charge in [-0.1, -0.05) is 23.4 Å². The zero-order valence-corrected chi connectivity index (χ0v) is 13.5. The van der Waals surface area contributed by atoms with Crippen molar-refractivity contribution in [1.82, 2.24) is 25.8 Å². The van der Waals surface area contributed by atoms with Crippen molar-refractivity contribution in [3.8, 4) is 11.4 Å². The van der Waals surface area contributed by atoms with Gasteiger partial charge in [0.2, 0.25) is 11.1 Å². The van der Waals surface area contributed by atoms with Crippen LogP contribution in [-0.4, -0.2) is 39.4 Å². The van der Waals surface area contributed by atoms with Gasteiger partial charge in [-0.3, -0.25) is 15.2 Å². The lowest BCUT2D eigenvalue weighted by atomic mass is 10.2. The molecule has 2 aromatic rings. The van der Waals surface area contributed by atoms with E-state index in [1.807, 2.05) is 12.1 Å². The first-order valence-electron chi connectivity index (χ1n) is 6.37. The van der Waals surface area contributed by atoms with Gasteiger partial charge < -0.3 is 5.32 Å². The number of hydrogen-bond donors (Lipinski definition) is 3. The third kappa shape index (κ3) is 4.22. The molecule has 1 heterocycles. The van der Waals surface area contributed by atoms with Crippen LogP contribution in [0.15, 0.2) is 29.4 Å². The van der Waals surface area contributed by atoms with Crippen molar-refractivity contribution in [1.29, 1.82) is 0 Å². The topological polar surface area (TPSA) is 99.8 Å². The van der Waals surface area contributed by atoms with Crippen LogP contribution in [0.25, 0.3) is 11.4 Å². The highest BCUT2D eigenvalue weighted by Gasteiger charge is 2.19. The van der Waals surface area contributed by atoms with Gasteiger partial charge in [0.05, 0.1) is 5.25 Å². The molecule has 0 aliphatic rings. The van der Waals surface area contributed by atoms with Crippen LogP contribution in [0.4, 0.5) is 4.79 Å². The number of amides is 3. The Morgan fingerprint density at radius 3 is 2.64 bits per heavy atom. The van der Waals surface area contributed by atoms with Crippen molar-refractivity contribution in [3.05, 3.63) is 29.3 Å². The summed E-state index contributed by atoms with van der Waals surface area (Å²) in [5.74, 6) is 0.167. The molecule has 9 heteroatoms. The number of nitrogens with one attached hydrogen (secondary N) is 3. The number of aromatic nitrogens is 3. The molecular weight excluding hydrogens is 326 g/mol. The van der Waals surface area contributed by atoms with E-state index >= 15 is 0 Å². The number of urea groups is 1. The number of carbonyl (C=O) groups excluding carboxylic acids is 2. The number of aromatic amines is 1. The van der Waals surface area contributed by atoms with Gasteiger partial charge in [-0.05, 0) is 31.2 Å². The van der Waals surface area contributed by atoms with Gasteiger partial charge in [0.1, 0.15) is 0 Å². The number of thioether (sulfide) groups is 1. The molecule has 7 nitrogen and oxygen atoms in total. The fraction of sp³-hybridized carbons (Fsp3) is 0.231. The van der Waals surface area contributed by atoms with Gasteiger partial charge >= 0.3 is 6.03 Å². The lowest BCUT2D eigenvalue weighted by molar-refractivity contribution is -0.119. The number of H-pyrrole nitrogens is 1. The Morgan fingerprint density at radius 2 is 2.00 bits per heavy atom. The summed E-state index contributed by atoms with van der Waals surface area (Å²) in [6.07, 6.45) is 0. The second-order valence-corrected chi connectivity index (χ2v) is 6.05. The second-order valence-electron chi connectivity index (χ2n) is 4.30. The van der Waals surface area contributed by atoms with Gasteiger partial charge in [-0.2, -0.15) is 0 Å². The molecule has 0 aliphatic heterocycles. The van der Waals surface area contributed by atoms with Crippen LogP contribution in [0, 0.1) is 0 Å². The molecule has 1 aromatic heterocycles. The normalized spacial score (nSPS) is 11.8. The highest BCUT2D eigenvalue weighted by molar-refractivity contribution is 8.00. The van der Waals surface area contributed by atoms with E-state index in [9.17, 15) is 9.59 Å². The molecule has 22 heavy (non-hydrogen) atoms. The zero-order chi connectivity index (χ0) is 16.1. The lowest BCUT2D eigenvalue weighted by Gasteiger charge is -2.08. The summed E-state index contributed by atoms with van der Waals surface area (Å²) in [5.41, 5.74) is 0.839. The molecule has 0 radical (unpaired) electrons. The summed E-state index contributed by atoms with van der Waals surface area (Å²) in [6, 6.07) is 6.60. The summed E-state index contributed by atoms with van der Waals surface area (Å²) in [4.78, 5) is 27.2. The standard InChI is InChI=1S/C13H14ClN5O2S/c1-7(11(20)17-12(21)15-2)22-13-16-10(18-19-13)8-3-5-9(14)6-4-8/h3-7H,1-2H3,(H,16,18,19)(H2,15,17,20,21)/t7-/m1/s1. The van der Waals surface area contributed by atoms with Crippen molar-refractivity contribution in [2.24, 2.45) is 0 Å². The van der Waals surface area contributed by atoms with E-state index in [4.69, 9.17) is 11.6 Å². The molecule has 1 atom stereocenters. The Labute approximate surface area is 136 Å². The van der Waals surface area contributed by atoms with Crippen LogP contribution in [0.5, 0.6) is 0 Å². The second kappa shape index (κ2) is 7.28. The maximum atomic E-state index is 11.8. The molecule has 0 bridgehead atoms. The first-order chi connectivity index (χ1) is 10.5. The summed E-state index contributed by atoms with van der Waals surface area (Å²) >= 11 is 6.99. The summed E-state index contributed by atoms with van der Waals surface area (Å²) in [7, 11) is 1.44. The first-order valence-corrected chi connectivity index (χ1v) is 7.63. The number of halogens is 1. The van der Waals surface area contributed by atoms with Crippen LogP contribution >= 0.6 is 23.4 Å². The van der Waals surface area contributed by atoms with Crippen LogP contribution in [0.2, 0.25) is 5.02 Å². The van der Waals surface area contributed by atoms with Crippen LogP contribution < -0.4 is 10.6 Å². The third-order valence-corrected chi connectivity index (χ3v) is 3.91. The average molecular weight is 340 g/mol. The molecule has 3 amide bonds. The Hall–Kier alpha value is -2.06. The summed E-state index contributed by atoms with van der Waals surface area (Å²) in [5, 5.41) is 11.9. The summed E-state index contributed by atoms with van der Waals surface area (Å²) in [6.45, 7) is 1.67. The Morgan fingerprint density at radius 1 is 1.32 bits per heavy atom. The highest BCUT2D eigenvalue weighted by atomic mass is 35.5. The number of hydrogen-bond acceptors (Lipinski definition) is 5. The van der Waals surface area contributed by atoms with Crippen LogP contribution in [0.1, 0.15) is 6.92 Å². The molecule has 0 saturated carbocycles. The van der Waals surface area contributed by atoms with Gasteiger partial charge in [0.25, 0.3) is 0 Å². The lowest BCUT2D eigenvalue weighted by Crippen LogP contribution is -2.41. The minimum absolute atomic E-state index is 0.415. The highest BCUT2D eigenvalue weighted by Crippen LogP contribution is 2.23. The molecule has 2 rings (SSSR count). The van der Waals surface area contributed by atoms with E-state index in [-0.39, 0.29) is 0 Å². The molecule has 0 saturated heterocycles. The van der Waals surface area contributed by atoms with Crippen molar-refractivity contribution in [2.45, 2.75) is 17.3 Å². The van der Waals surface area contributed by atoms with Gasteiger partial charge in [-0.15, -0.1) is 5.10 Å². The van der Waals surface area contributed by atoms with E-state index in [1.165, 1.54) is 7.05 Å². The van der Waals surface area contributed by atoms with Crippen molar-refractivity contribution in [2.75, 3.05) is 7.05 Å². The Bertz CT molecular complexity index is 673. The number of rotatable bonds is 4. The number of carbonyl (C=O) groups is 2. The van der Waals surface area contributed by atoms with E-state index in [0.29, 0.717) is 16.0 Å². The number of imide groups is 1. The molecule has 1 aromatic carbocycles. The molecule has 0 fully saturated rings. The minimum atomic E-state index is -0.547. The summed E-state index contributed by atoms with van der Waals surface area (Å²) < 4.78 is 0. The minimum Gasteiger partial charge on any atom is -0.341 e. The SMILES string of the molecule is CNC(=O)NC(=O)[C@@H](C)Sc1n[nH]c(-c2ccc(Cl)cc2)n1. The fourth-order valence-corrected chi connectivity index (χ4v) is 2.37. The maximum absolute atomic E-state index is 11.8. The monoisotopic (exact) mass is 339 g/mol. The molecule has 116 valence electrons. The Kier molecular flexibility index (Phi) is 5.40. The molecule has 0 aliphatic carbocycles. The number of nitrogens with zero attached hydrogens (tertiary/aromatic N) is 2. The van der Waals surface area contributed by atoms with E-state index in [0.717, 1.165) is 17.3 Å². The van der Waals surface area contributed by atoms with Crippen molar-refractivity contribution < 1.29 is 9.59 Å². The zero-order valence-electron chi connectivity index (χ0n) is 11.9. The molecular formula is C13H14ClN5O2S. The van der Waals surface area contributed by atoms with E-state index in [1.54, 1.807) is 19.1 Å². The predicted molar refractivity (Wildman–Crippen MR) is 84.7 cm³/mol. The van der Waals surface area contributed by atoms with Gasteiger partial charge in [0.15, 0.2) is 5.82 Å². The quantitative estimate of drug-likeness (QED) is 0.740. The number of benzene rings is 1. The van der Waals surface area contributed by atoms with Crippen molar-refractivity contribution in [3.63, 3.8) is 0 Å². The van der Waals surface area contributed by atoms with Gasteiger partial charge in [-0.25, -0.2) is 9.78 Å². The smallest absolute Gasteiger partial charge is 0.321 e. The molecule has 0 unspecified atom stereocenters. The average Bonchev–Trinajstić information content (AvgIpc) is 2.96. The maximum Gasteiger partial charge on any atom is 0.321 e. The first kappa shape index (κ1) is 16.3. The Balaban J connectivity index is 2.01. The van der Waals surface area contributed by atoms with E-state index < -0.39 is 17.2 Å².